The van der Waals surface area contributed by atoms with E-state index in [1.165, 1.54) is 55.9 Å². The minimum Gasteiger partial charge on any atom is -0.477 e. The van der Waals surface area contributed by atoms with E-state index in [4.69, 9.17) is 24.4 Å². The van der Waals surface area contributed by atoms with Gasteiger partial charge in [-0.05, 0) is 274 Å². The molecule has 0 radical (unpaired) electrons. The number of aryl methyl sites for hydroxylation is 5. The normalized spacial score (nSPS) is 11.9. The highest BCUT2D eigenvalue weighted by molar-refractivity contribution is 9.08. The molecule has 5 heterocycles. The maximum absolute atomic E-state index is 13.8. The SMILES string of the molecule is CC(C)(C)O.Cc1c(C(=O)O)sc2ccccc12.Cc1c(N(Cc2ccc(F)c(C(F)(F)F)c2)C(=O)OC(C)(C)C)sc2ccccc12.Cc1c(N(Cc2ccc(F)c(C(F)(F)F)c2)S(=O)(=O)NC(=O)OC(C)(C)C)sc2ccccc12.Cc1c(NC(=O)OC(C)(C)C)sc2ccccc12.Cc1c(NCc2ccc(F)c(C(F)(F)F)c2)sc2ccccc12.Cl.Fc1ccc(CBr)cc1C(F)(F)F. The summed E-state index contributed by atoms with van der Waals surface area (Å²) in [6.07, 6.45) is -21.4. The number of nitrogens with zero attached hydrogens (tertiary/aromatic N) is 2. The minimum atomic E-state index is -4.97. The van der Waals surface area contributed by atoms with Gasteiger partial charge in [-0.2, -0.15) is 61.1 Å². The standard InChI is InChI=1S/C22H22F4N2O4S2.C22H21F4NO2S.C17H13F4NS.C14H17NO2S.C10H8O2S.C8H5BrF4.C4H10O.ClH/c1-13-15-7-5-6-8-18(15)33-19(13)28(34(30,31)27-20(29)32-21(2,3)4)12-14-9-10-17(23)16(11-14)22(24,25)26;1-13-15-7-5-6-8-18(15)30-19(13)27(20(28)29-21(2,3)4)12-14-9-10-17(23)16(11-14)22(24,25)26;1-10-12-4-2-3-5-15(12)23-16(10)22-9-11-6-7-14(18)13(8-11)17(19,20)21;1-9-10-7-5-6-8-11(10)18-12(9)15-13(16)17-14(2,3)4;1-6-7-4-2-3-5-8(7)13-9(6)10(11)12;9-4-5-1-2-7(10)6(3-5)8(11,12)13;1-4(2,3)5;/h5-11H,12H2,1-4H3,(H,27,29);5-11H,12H2,1-4H3;2-8,22H,9H2,1H3;5-8H,1-4H3,(H,15,16);2-5H,1H3,(H,11,12);1-3H,4H2;5H,1-3H3;1H. The zero-order valence-corrected chi connectivity index (χ0v) is 83.9. The Balaban J connectivity index is 0.000000228. The number of ether oxygens (including phenoxy) is 3. The van der Waals surface area contributed by atoms with E-state index in [-0.39, 0.29) is 47.0 Å². The number of alkyl halides is 13. The summed E-state index contributed by atoms with van der Waals surface area (Å²) in [7, 11) is -4.63. The average Bonchev–Trinajstić information content (AvgIpc) is 1.60. The van der Waals surface area contributed by atoms with Gasteiger partial charge in [0.15, 0.2) is 0 Å². The van der Waals surface area contributed by atoms with Crippen LogP contribution in [0.25, 0.3) is 50.4 Å². The van der Waals surface area contributed by atoms with E-state index in [1.54, 1.807) is 121 Å². The molecule has 0 aliphatic carbocycles. The van der Waals surface area contributed by atoms with E-state index in [2.05, 4.69) is 32.6 Å². The average molecular weight is 2120 g/mol. The monoisotopic (exact) mass is 2120 g/mol. The first kappa shape index (κ1) is 113. The first-order valence-electron chi connectivity index (χ1n) is 41.0. The second-order valence-electron chi connectivity index (χ2n) is 34.2. The number of aliphatic hydroxyl groups is 1. The van der Waals surface area contributed by atoms with Gasteiger partial charge >= 0.3 is 59.2 Å². The van der Waals surface area contributed by atoms with Crippen LogP contribution in [0, 0.1) is 57.9 Å². The van der Waals surface area contributed by atoms with Gasteiger partial charge in [0.1, 0.15) is 60.0 Å². The molecule has 0 aliphatic heterocycles. The number of anilines is 4. The number of thiophene rings is 5. The maximum atomic E-state index is 13.8. The number of benzene rings is 9. The van der Waals surface area contributed by atoms with Crippen LogP contribution >= 0.6 is 85.0 Å². The van der Waals surface area contributed by atoms with Crippen LogP contribution < -0.4 is 24.6 Å². The summed E-state index contributed by atoms with van der Waals surface area (Å²) in [5.41, 5.74) is -2.91. The number of hydrogen-bond acceptors (Lipinski definition) is 16. The number of nitrogens with one attached hydrogen (secondary N) is 3. The van der Waals surface area contributed by atoms with Gasteiger partial charge in [0.2, 0.25) is 0 Å². The lowest BCUT2D eigenvalue weighted by Crippen LogP contribution is -2.45. The molecule has 9 aromatic carbocycles. The highest BCUT2D eigenvalue weighted by Gasteiger charge is 2.40. The number of hydrogen-bond donors (Lipinski definition) is 5. The molecule has 0 spiro atoms. The number of carboxylic acids is 1. The second-order valence-corrected chi connectivity index (χ2v) is 41.6. The van der Waals surface area contributed by atoms with Crippen molar-refractivity contribution >= 4 is 190 Å². The number of aromatic carboxylic acids is 1. The summed E-state index contributed by atoms with van der Waals surface area (Å²) in [5, 5.41) is 31.2. The lowest BCUT2D eigenvalue weighted by atomic mass is 10.1. The first-order valence-corrected chi connectivity index (χ1v) is 47.6. The summed E-state index contributed by atoms with van der Waals surface area (Å²) in [6, 6.07) is 49.3. The van der Waals surface area contributed by atoms with Crippen LogP contribution in [0.4, 0.5) is 105 Å². The van der Waals surface area contributed by atoms with Crippen molar-refractivity contribution in [2.75, 3.05) is 19.8 Å². The van der Waals surface area contributed by atoms with Crippen molar-refractivity contribution in [3.63, 3.8) is 0 Å². The number of carbonyl (C=O) groups excluding carboxylic acids is 3. The molecule has 0 saturated carbocycles. The zero-order valence-electron chi connectivity index (χ0n) is 76.5. The molecule has 14 rings (SSSR count). The van der Waals surface area contributed by atoms with E-state index < -0.39 is 134 Å². The highest BCUT2D eigenvalue weighted by Crippen LogP contribution is 2.45. The lowest BCUT2D eigenvalue weighted by Gasteiger charge is -2.27. The van der Waals surface area contributed by atoms with E-state index in [1.807, 2.05) is 139 Å². The Bertz CT molecular complexity index is 6700. The van der Waals surface area contributed by atoms with Crippen LogP contribution in [-0.4, -0.2) is 65.3 Å². The van der Waals surface area contributed by atoms with E-state index in [9.17, 15) is 97.8 Å². The second kappa shape index (κ2) is 46.3. The number of carboxylic acid groups (broad SMARTS) is 1. The van der Waals surface area contributed by atoms with Crippen LogP contribution in [0.15, 0.2) is 194 Å². The smallest absolute Gasteiger partial charge is 0.422 e. The molecule has 0 fully saturated rings. The molecule has 738 valence electrons. The number of fused-ring (bicyclic) bond motifs is 5. The molecule has 16 nitrogen and oxygen atoms in total. The molecule has 0 atom stereocenters. The number of halogens is 18. The Morgan fingerprint density at radius 3 is 1.07 bits per heavy atom. The quantitative estimate of drug-likeness (QED) is 0.0391. The van der Waals surface area contributed by atoms with Gasteiger partial charge in [-0.15, -0.1) is 69.1 Å². The number of amides is 3. The Kier molecular flexibility index (Phi) is 38.3. The van der Waals surface area contributed by atoms with Crippen LogP contribution in [0.2, 0.25) is 0 Å². The van der Waals surface area contributed by atoms with Crippen molar-refractivity contribution in [1.29, 1.82) is 0 Å². The van der Waals surface area contributed by atoms with Crippen molar-refractivity contribution in [2.45, 2.75) is 190 Å². The van der Waals surface area contributed by atoms with Gasteiger partial charge in [-0.1, -0.05) is 131 Å². The Labute approximate surface area is 815 Å². The summed E-state index contributed by atoms with van der Waals surface area (Å²) in [6.45, 7) is 29.3. The van der Waals surface area contributed by atoms with Crippen LogP contribution in [0.5, 0.6) is 0 Å². The Morgan fingerprint density at radius 2 is 0.701 bits per heavy atom. The summed E-state index contributed by atoms with van der Waals surface area (Å²) in [4.78, 5) is 49.5. The molecular formula is C97H97BrClF16N5O11S6. The molecule has 0 saturated heterocycles. The fourth-order valence-corrected chi connectivity index (χ4v) is 19.9. The van der Waals surface area contributed by atoms with Crippen molar-refractivity contribution in [3.05, 3.63) is 295 Å². The van der Waals surface area contributed by atoms with Gasteiger partial charge in [0, 0.05) is 35.4 Å². The third kappa shape index (κ3) is 32.7. The van der Waals surface area contributed by atoms with Crippen LogP contribution in [-0.2, 0) is 74.1 Å². The van der Waals surface area contributed by atoms with Crippen LogP contribution in [0.1, 0.15) is 165 Å². The molecule has 3 amide bonds. The molecule has 0 aliphatic rings. The van der Waals surface area contributed by atoms with Crippen molar-refractivity contribution in [2.24, 2.45) is 0 Å². The summed E-state index contributed by atoms with van der Waals surface area (Å²) in [5.74, 6) is -6.15. The molecule has 0 unspecified atom stereocenters. The fraction of sp³-hybridized carbons (Fsp3) is 0.299. The summed E-state index contributed by atoms with van der Waals surface area (Å²) >= 11 is 9.88. The van der Waals surface area contributed by atoms with Crippen molar-refractivity contribution in [3.8, 4) is 0 Å². The molecule has 0 bridgehead atoms. The third-order valence-electron chi connectivity index (χ3n) is 18.6. The van der Waals surface area contributed by atoms with Gasteiger partial charge in [0.25, 0.3) is 0 Å². The fourth-order valence-electron chi connectivity index (χ4n) is 12.6. The largest absolute Gasteiger partial charge is 0.477 e. The number of rotatable bonds is 14. The molecule has 14 aromatic rings. The minimum absolute atomic E-state index is 0. The zero-order chi connectivity index (χ0) is 102. The van der Waals surface area contributed by atoms with Crippen molar-refractivity contribution in [1.82, 2.24) is 4.72 Å². The predicted molar refractivity (Wildman–Crippen MR) is 521 cm³/mol. The van der Waals surface area contributed by atoms with Gasteiger partial charge in [-0.25, -0.2) is 45.8 Å². The third-order valence-corrected chi connectivity index (χ3v) is 26.9. The van der Waals surface area contributed by atoms with Gasteiger partial charge in [0.05, 0.1) is 45.9 Å². The maximum Gasteiger partial charge on any atom is 0.422 e. The number of carbonyl (C=O) groups is 4. The van der Waals surface area contributed by atoms with Crippen LogP contribution in [0.3, 0.4) is 0 Å². The van der Waals surface area contributed by atoms with E-state index in [0.29, 0.717) is 38.7 Å². The summed E-state index contributed by atoms with van der Waals surface area (Å²) < 4.78 is 257. The Morgan fingerprint density at radius 1 is 0.394 bits per heavy atom. The molecule has 40 heteroatoms. The van der Waals surface area contributed by atoms with E-state index >= 15 is 0 Å². The highest BCUT2D eigenvalue weighted by atomic mass is 79.9. The molecule has 5 aromatic heterocycles. The Hall–Kier alpha value is -10.8. The van der Waals surface area contributed by atoms with Crippen molar-refractivity contribution < 1.29 is 122 Å². The molecule has 5 N–H and O–H groups in total. The lowest BCUT2D eigenvalue weighted by molar-refractivity contribution is -0.140. The molecule has 137 heavy (non-hydrogen) atoms. The van der Waals surface area contributed by atoms with Gasteiger partial charge in [-0.3, -0.25) is 10.2 Å². The molecular weight excluding hydrogens is 2020 g/mol. The van der Waals surface area contributed by atoms with Gasteiger partial charge < -0.3 is 29.7 Å². The predicted octanol–water partition coefficient (Wildman–Crippen LogP) is 31.8. The first-order chi connectivity index (χ1) is 62.8. The topological polar surface area (TPSA) is 213 Å². The van der Waals surface area contributed by atoms with E-state index in [0.717, 1.165) is 131 Å².